The molecule has 0 atom stereocenters. The SMILES string of the molecule is S=C(NN=C1CSc2sc(=S)sc2SC1)Nc1ccccc1. The average Bonchev–Trinajstić information content (AvgIpc) is 2.77. The van der Waals surface area contributed by atoms with Crippen molar-refractivity contribution >= 4 is 87.1 Å². The van der Waals surface area contributed by atoms with Crippen LogP contribution in [0.3, 0.4) is 0 Å². The number of thiocarbonyl (C=S) groups is 1. The molecule has 3 rings (SSSR count). The number of fused-ring (bicyclic) bond motifs is 1. The molecular weight excluding hydrogens is 391 g/mol. The van der Waals surface area contributed by atoms with E-state index in [2.05, 4.69) is 15.8 Å². The van der Waals surface area contributed by atoms with E-state index in [1.54, 1.807) is 46.2 Å². The summed E-state index contributed by atoms with van der Waals surface area (Å²) in [5.74, 6) is 1.73. The molecule has 2 N–H and O–H groups in total. The van der Waals surface area contributed by atoms with Gasteiger partial charge in [-0.25, -0.2) is 0 Å². The highest BCUT2D eigenvalue weighted by Crippen LogP contribution is 2.42. The van der Waals surface area contributed by atoms with Crippen LogP contribution in [0.15, 0.2) is 43.9 Å². The van der Waals surface area contributed by atoms with Crippen molar-refractivity contribution in [3.63, 3.8) is 0 Å². The number of rotatable bonds is 2. The van der Waals surface area contributed by atoms with Gasteiger partial charge in [0.15, 0.2) is 5.11 Å². The van der Waals surface area contributed by atoms with E-state index in [-0.39, 0.29) is 0 Å². The van der Waals surface area contributed by atoms with Gasteiger partial charge in [-0.3, -0.25) is 5.43 Å². The van der Waals surface area contributed by atoms with Crippen LogP contribution < -0.4 is 10.7 Å². The number of hydrogen-bond donors (Lipinski definition) is 2. The van der Waals surface area contributed by atoms with Crippen molar-refractivity contribution in [2.75, 3.05) is 16.8 Å². The third-order valence-corrected chi connectivity index (χ3v) is 8.52. The lowest BCUT2D eigenvalue weighted by Crippen LogP contribution is -2.26. The molecule has 1 aromatic carbocycles. The number of benzene rings is 1. The molecule has 1 aromatic heterocycles. The van der Waals surface area contributed by atoms with Gasteiger partial charge in [-0.05, 0) is 24.4 Å². The smallest absolute Gasteiger partial charge is 0.191 e. The van der Waals surface area contributed by atoms with Gasteiger partial charge in [0.25, 0.3) is 0 Å². The Kier molecular flexibility index (Phi) is 5.89. The highest BCUT2D eigenvalue weighted by molar-refractivity contribution is 8.07. The molecule has 0 saturated carbocycles. The van der Waals surface area contributed by atoms with Crippen molar-refractivity contribution in [1.82, 2.24) is 5.43 Å². The Bertz CT molecular complexity index is 718. The maximum absolute atomic E-state index is 5.26. The second kappa shape index (κ2) is 7.89. The molecule has 0 fully saturated rings. The number of thioether (sulfide) groups is 2. The Hall–Kier alpha value is -0.450. The molecular formula is C13H11N3S6. The molecule has 114 valence electrons. The van der Waals surface area contributed by atoms with E-state index in [0.717, 1.165) is 26.0 Å². The van der Waals surface area contributed by atoms with Gasteiger partial charge in [-0.15, -0.1) is 46.2 Å². The molecule has 1 aliphatic rings. The molecule has 0 saturated heterocycles. The van der Waals surface area contributed by atoms with E-state index in [4.69, 9.17) is 24.4 Å². The fraction of sp³-hybridized carbons (Fsp3) is 0.154. The zero-order chi connectivity index (χ0) is 15.4. The Morgan fingerprint density at radius 1 is 1.05 bits per heavy atom. The molecule has 0 aliphatic carbocycles. The normalized spacial score (nSPS) is 13.9. The van der Waals surface area contributed by atoms with Crippen LogP contribution in [0.5, 0.6) is 0 Å². The summed E-state index contributed by atoms with van der Waals surface area (Å²) in [7, 11) is 0. The van der Waals surface area contributed by atoms with Crippen LogP contribution in [-0.4, -0.2) is 22.3 Å². The van der Waals surface area contributed by atoms with Crippen molar-refractivity contribution in [2.45, 2.75) is 8.42 Å². The minimum atomic E-state index is 0.503. The summed E-state index contributed by atoms with van der Waals surface area (Å²) in [4.78, 5) is 0. The molecule has 0 amide bonds. The van der Waals surface area contributed by atoms with Gasteiger partial charge < -0.3 is 5.32 Å². The quantitative estimate of drug-likeness (QED) is 0.540. The first-order chi connectivity index (χ1) is 10.7. The van der Waals surface area contributed by atoms with Crippen LogP contribution in [0, 0.1) is 3.14 Å². The topological polar surface area (TPSA) is 36.4 Å². The lowest BCUT2D eigenvalue weighted by Gasteiger charge is -2.08. The Morgan fingerprint density at radius 3 is 2.32 bits per heavy atom. The zero-order valence-electron chi connectivity index (χ0n) is 11.2. The predicted molar refractivity (Wildman–Crippen MR) is 108 cm³/mol. The summed E-state index contributed by atoms with van der Waals surface area (Å²) in [6, 6.07) is 9.81. The number of hydrazone groups is 1. The van der Waals surface area contributed by atoms with Crippen molar-refractivity contribution in [1.29, 1.82) is 0 Å². The third kappa shape index (κ3) is 4.53. The third-order valence-electron chi connectivity index (χ3n) is 2.61. The van der Waals surface area contributed by atoms with E-state index in [1.165, 1.54) is 8.42 Å². The van der Waals surface area contributed by atoms with Gasteiger partial charge in [-0.2, -0.15) is 5.10 Å². The summed E-state index contributed by atoms with van der Waals surface area (Å²) in [5.41, 5.74) is 4.97. The molecule has 0 unspecified atom stereocenters. The second-order valence-electron chi connectivity index (χ2n) is 4.22. The molecule has 0 spiro atoms. The monoisotopic (exact) mass is 401 g/mol. The molecule has 0 bridgehead atoms. The van der Waals surface area contributed by atoms with E-state index >= 15 is 0 Å². The van der Waals surface area contributed by atoms with Crippen LogP contribution in [0.4, 0.5) is 5.69 Å². The maximum atomic E-state index is 5.26. The second-order valence-corrected chi connectivity index (χ2v) is 10.3. The Labute approximate surface area is 155 Å². The number of hydrogen-bond acceptors (Lipinski definition) is 7. The van der Waals surface area contributed by atoms with Gasteiger partial charge in [0, 0.05) is 17.2 Å². The number of para-hydroxylation sites is 1. The Morgan fingerprint density at radius 2 is 1.68 bits per heavy atom. The van der Waals surface area contributed by atoms with Crippen molar-refractivity contribution in [3.05, 3.63) is 33.5 Å². The lowest BCUT2D eigenvalue weighted by atomic mass is 10.3. The van der Waals surface area contributed by atoms with Crippen molar-refractivity contribution in [2.24, 2.45) is 5.10 Å². The molecule has 2 aromatic rings. The van der Waals surface area contributed by atoms with Crippen LogP contribution in [0.2, 0.25) is 0 Å². The summed E-state index contributed by atoms with van der Waals surface area (Å²) >= 11 is 17.5. The Balaban J connectivity index is 1.56. The summed E-state index contributed by atoms with van der Waals surface area (Å²) in [5, 5.41) is 8.04. The highest BCUT2D eigenvalue weighted by Gasteiger charge is 2.16. The van der Waals surface area contributed by atoms with Crippen molar-refractivity contribution in [3.8, 4) is 0 Å². The van der Waals surface area contributed by atoms with Gasteiger partial charge in [0.1, 0.15) is 3.14 Å². The summed E-state index contributed by atoms with van der Waals surface area (Å²) < 4.78 is 3.63. The van der Waals surface area contributed by atoms with E-state index < -0.39 is 0 Å². The van der Waals surface area contributed by atoms with Crippen LogP contribution in [-0.2, 0) is 0 Å². The molecule has 9 heteroatoms. The molecule has 22 heavy (non-hydrogen) atoms. The summed E-state index contributed by atoms with van der Waals surface area (Å²) in [6.45, 7) is 0. The largest absolute Gasteiger partial charge is 0.331 e. The predicted octanol–water partition coefficient (Wildman–Crippen LogP) is 5.08. The van der Waals surface area contributed by atoms with Gasteiger partial charge in [0.2, 0.25) is 0 Å². The maximum Gasteiger partial charge on any atom is 0.191 e. The first-order valence-electron chi connectivity index (χ1n) is 6.28. The standard InChI is InChI=1S/C13H11N3S6/c17-12(14-8-4-2-1-3-5-8)16-15-9-6-19-10-11(20-7-9)22-13(18)21-10/h1-5H,6-7H2,(H2,14,16,17). The average molecular weight is 402 g/mol. The summed E-state index contributed by atoms with van der Waals surface area (Å²) in [6.07, 6.45) is 0. The van der Waals surface area contributed by atoms with Gasteiger partial charge in [0.05, 0.1) is 14.1 Å². The van der Waals surface area contributed by atoms with Gasteiger partial charge in [-0.1, -0.05) is 30.4 Å². The van der Waals surface area contributed by atoms with E-state index in [1.807, 2.05) is 30.3 Å². The fourth-order valence-corrected chi connectivity index (χ4v) is 7.90. The molecule has 2 heterocycles. The van der Waals surface area contributed by atoms with Gasteiger partial charge >= 0.3 is 0 Å². The van der Waals surface area contributed by atoms with Crippen molar-refractivity contribution < 1.29 is 0 Å². The first kappa shape index (κ1) is 16.4. The molecule has 1 aliphatic heterocycles. The minimum absolute atomic E-state index is 0.503. The number of anilines is 1. The minimum Gasteiger partial charge on any atom is -0.331 e. The number of nitrogens with zero attached hydrogens (tertiary/aromatic N) is 1. The first-order valence-corrected chi connectivity index (χ1v) is 10.7. The highest BCUT2D eigenvalue weighted by atomic mass is 32.2. The van der Waals surface area contributed by atoms with E-state index in [0.29, 0.717) is 5.11 Å². The van der Waals surface area contributed by atoms with Crippen LogP contribution >= 0.6 is 70.6 Å². The molecule has 0 radical (unpaired) electrons. The molecule has 3 nitrogen and oxygen atoms in total. The van der Waals surface area contributed by atoms with Crippen LogP contribution in [0.1, 0.15) is 0 Å². The number of nitrogens with one attached hydrogen (secondary N) is 2. The fourth-order valence-electron chi connectivity index (χ4n) is 1.65. The van der Waals surface area contributed by atoms with E-state index in [9.17, 15) is 0 Å². The zero-order valence-corrected chi connectivity index (χ0v) is 16.1. The lowest BCUT2D eigenvalue weighted by molar-refractivity contribution is 1.04. The van der Waals surface area contributed by atoms with Crippen LogP contribution in [0.25, 0.3) is 0 Å².